The summed E-state index contributed by atoms with van der Waals surface area (Å²) in [6.45, 7) is -1.37. The molecule has 0 atom stereocenters. The highest BCUT2D eigenvalue weighted by molar-refractivity contribution is 9.11. The first-order valence-electron chi connectivity index (χ1n) is 14.9. The van der Waals surface area contributed by atoms with Crippen LogP contribution < -0.4 is 14.2 Å². The number of nitrogens with zero attached hydrogens (tertiary/aromatic N) is 2. The number of sulfone groups is 2. The lowest BCUT2D eigenvalue weighted by atomic mass is 9.99. The lowest BCUT2D eigenvalue weighted by Crippen LogP contribution is -2.14. The number of benzene rings is 4. The number of alkyl halides is 6. The van der Waals surface area contributed by atoms with Crippen molar-refractivity contribution in [3.63, 3.8) is 0 Å². The van der Waals surface area contributed by atoms with E-state index >= 15 is 0 Å². The summed E-state index contributed by atoms with van der Waals surface area (Å²) in [5.74, 6) is -3.55. The summed E-state index contributed by atoms with van der Waals surface area (Å²) in [5.41, 5.74) is -5.14. The standard InChI is InChI=1S/C32H24Br2F6N2O11S2/c1-54(47,48)13-11-51-29-23(41(43)44)7-9-25(27(29)19-5-3-17(15-21(19)33)31(35,36)37)53-26-10-8-24(42(45)46)30(52-12-14-55(2,49)50)28(26)20-6-4-18(16-22(20)34)32(38,39)40/h3-10,15-16H,11-14H2,1-2H3. The zero-order chi connectivity index (χ0) is 41.3. The molecular weight excluding hydrogens is 926 g/mol. The van der Waals surface area contributed by atoms with E-state index in [1.807, 2.05) is 0 Å². The van der Waals surface area contributed by atoms with Gasteiger partial charge in [-0.1, -0.05) is 44.0 Å². The smallest absolute Gasteiger partial charge is 0.416 e. The van der Waals surface area contributed by atoms with Gasteiger partial charge in [0.1, 0.15) is 24.7 Å². The van der Waals surface area contributed by atoms with Crippen LogP contribution in [0.15, 0.2) is 69.6 Å². The van der Waals surface area contributed by atoms with Crippen LogP contribution in [-0.2, 0) is 32.0 Å². The van der Waals surface area contributed by atoms with E-state index in [4.69, 9.17) is 14.2 Å². The van der Waals surface area contributed by atoms with E-state index in [0.717, 1.165) is 48.9 Å². The second kappa shape index (κ2) is 16.3. The molecule has 0 saturated carbocycles. The van der Waals surface area contributed by atoms with E-state index in [1.165, 1.54) is 0 Å². The Morgan fingerprint density at radius 3 is 1.24 bits per heavy atom. The Morgan fingerprint density at radius 2 is 0.964 bits per heavy atom. The molecule has 0 aliphatic heterocycles. The Hall–Kier alpha value is -4.48. The van der Waals surface area contributed by atoms with E-state index in [9.17, 15) is 63.4 Å². The van der Waals surface area contributed by atoms with Gasteiger partial charge in [0, 0.05) is 44.7 Å². The first-order chi connectivity index (χ1) is 25.3. The molecule has 4 rings (SSSR count). The van der Waals surface area contributed by atoms with E-state index in [-0.39, 0.29) is 20.1 Å². The zero-order valence-electron chi connectivity index (χ0n) is 27.8. The van der Waals surface area contributed by atoms with Gasteiger partial charge in [0.15, 0.2) is 19.7 Å². The maximum atomic E-state index is 13.6. The van der Waals surface area contributed by atoms with Crippen molar-refractivity contribution >= 4 is 62.9 Å². The highest BCUT2D eigenvalue weighted by Crippen LogP contribution is 2.53. The van der Waals surface area contributed by atoms with Crippen molar-refractivity contribution in [2.24, 2.45) is 0 Å². The number of halogens is 8. The summed E-state index contributed by atoms with van der Waals surface area (Å²) in [5, 5.41) is 24.4. The first-order valence-corrected chi connectivity index (χ1v) is 20.6. The number of hydrogen-bond donors (Lipinski definition) is 0. The lowest BCUT2D eigenvalue weighted by molar-refractivity contribution is -0.385. The SMILES string of the molecule is CS(=O)(=O)CCOc1c([N+](=O)[O-])ccc(Oc2ccc([N+](=O)[O-])c(OCCS(C)(=O)=O)c2-c2ccc(C(F)(F)F)cc2Br)c1-c1ccc(C(F)(F)F)cc1Br. The summed E-state index contributed by atoms with van der Waals surface area (Å²) in [4.78, 5) is 22.5. The summed E-state index contributed by atoms with van der Waals surface area (Å²) in [6.07, 6.45) is -7.98. The minimum atomic E-state index is -4.84. The molecule has 0 aromatic heterocycles. The van der Waals surface area contributed by atoms with Crippen molar-refractivity contribution in [1.82, 2.24) is 0 Å². The number of ether oxygens (including phenoxy) is 3. The minimum Gasteiger partial charge on any atom is -0.485 e. The molecule has 0 bridgehead atoms. The van der Waals surface area contributed by atoms with Crippen LogP contribution in [0.2, 0.25) is 0 Å². The normalized spacial score (nSPS) is 12.3. The van der Waals surface area contributed by atoms with Gasteiger partial charge in [0.25, 0.3) is 0 Å². The second-order valence-corrected chi connectivity index (χ2v) is 17.8. The highest BCUT2D eigenvalue weighted by atomic mass is 79.9. The number of nitro groups is 2. The summed E-state index contributed by atoms with van der Waals surface area (Å²) >= 11 is 6.08. The molecule has 4 aromatic rings. The molecule has 13 nitrogen and oxygen atoms in total. The van der Waals surface area contributed by atoms with Gasteiger partial charge in [-0.3, -0.25) is 20.2 Å². The molecule has 0 fully saturated rings. The van der Waals surface area contributed by atoms with Gasteiger partial charge < -0.3 is 14.2 Å². The predicted molar refractivity (Wildman–Crippen MR) is 193 cm³/mol. The summed E-state index contributed by atoms with van der Waals surface area (Å²) < 4.78 is 146. The van der Waals surface area contributed by atoms with Crippen LogP contribution >= 0.6 is 31.9 Å². The van der Waals surface area contributed by atoms with E-state index in [1.54, 1.807) is 0 Å². The van der Waals surface area contributed by atoms with Gasteiger partial charge in [0.2, 0.25) is 11.5 Å². The van der Waals surface area contributed by atoms with Crippen LogP contribution in [0.4, 0.5) is 37.7 Å². The number of nitro benzene ring substituents is 2. The predicted octanol–water partition coefficient (Wildman–Crippen LogP) is 9.04. The average molecular weight is 950 g/mol. The summed E-state index contributed by atoms with van der Waals surface area (Å²) in [6, 6.07) is 8.04. The Labute approximate surface area is 324 Å². The van der Waals surface area contributed by atoms with Crippen LogP contribution in [0, 0.1) is 20.2 Å². The Balaban J connectivity index is 2.09. The molecule has 23 heteroatoms. The fourth-order valence-electron chi connectivity index (χ4n) is 4.86. The van der Waals surface area contributed by atoms with E-state index in [2.05, 4.69) is 31.9 Å². The van der Waals surface area contributed by atoms with Crippen molar-refractivity contribution in [2.75, 3.05) is 37.2 Å². The van der Waals surface area contributed by atoms with Gasteiger partial charge in [-0.2, -0.15) is 26.3 Å². The quantitative estimate of drug-likeness (QED) is 0.0668. The van der Waals surface area contributed by atoms with Gasteiger partial charge in [-0.25, -0.2) is 16.8 Å². The van der Waals surface area contributed by atoms with Crippen LogP contribution in [0.25, 0.3) is 22.3 Å². The molecular formula is C32H24Br2F6N2O11S2. The molecule has 0 N–H and O–H groups in total. The molecule has 0 amide bonds. The fourth-order valence-corrected chi connectivity index (χ4v) is 6.79. The molecule has 0 unspecified atom stereocenters. The molecule has 0 aliphatic carbocycles. The Bertz CT molecular complexity index is 2230. The second-order valence-electron chi connectivity index (χ2n) is 11.5. The number of hydrogen-bond acceptors (Lipinski definition) is 11. The molecule has 4 aromatic carbocycles. The van der Waals surface area contributed by atoms with Crippen LogP contribution in [0.1, 0.15) is 11.1 Å². The Morgan fingerprint density at radius 1 is 0.618 bits per heavy atom. The van der Waals surface area contributed by atoms with Crippen molar-refractivity contribution in [3.05, 3.63) is 101 Å². The lowest BCUT2D eigenvalue weighted by Gasteiger charge is -2.21. The molecule has 0 aliphatic rings. The van der Waals surface area contributed by atoms with Crippen molar-refractivity contribution in [1.29, 1.82) is 0 Å². The fraction of sp³-hybridized carbons (Fsp3) is 0.250. The van der Waals surface area contributed by atoms with Gasteiger partial charge >= 0.3 is 23.7 Å². The van der Waals surface area contributed by atoms with E-state index in [0.29, 0.717) is 24.3 Å². The van der Waals surface area contributed by atoms with Gasteiger partial charge in [-0.05, 0) is 36.4 Å². The minimum absolute atomic E-state index is 0.218. The number of rotatable bonds is 14. The van der Waals surface area contributed by atoms with Crippen molar-refractivity contribution in [3.8, 4) is 45.3 Å². The third-order valence-electron chi connectivity index (χ3n) is 7.34. The largest absolute Gasteiger partial charge is 0.485 e. The average Bonchev–Trinajstić information content (AvgIpc) is 3.03. The highest BCUT2D eigenvalue weighted by Gasteiger charge is 2.35. The molecule has 55 heavy (non-hydrogen) atoms. The molecule has 0 radical (unpaired) electrons. The van der Waals surface area contributed by atoms with Crippen molar-refractivity contribution < 1.29 is 67.2 Å². The van der Waals surface area contributed by atoms with Crippen LogP contribution in [0.5, 0.6) is 23.0 Å². The summed E-state index contributed by atoms with van der Waals surface area (Å²) in [7, 11) is -7.44. The third-order valence-corrected chi connectivity index (χ3v) is 10.5. The van der Waals surface area contributed by atoms with Gasteiger partial charge in [0.05, 0.1) is 43.6 Å². The van der Waals surface area contributed by atoms with E-state index < -0.39 is 123 Å². The molecule has 0 saturated heterocycles. The Kier molecular flexibility index (Phi) is 12.8. The maximum absolute atomic E-state index is 13.6. The van der Waals surface area contributed by atoms with Crippen LogP contribution in [-0.4, -0.2) is 63.9 Å². The topological polar surface area (TPSA) is 182 Å². The first kappa shape index (κ1) is 43.3. The third kappa shape index (κ3) is 10.9. The molecule has 0 heterocycles. The molecule has 296 valence electrons. The zero-order valence-corrected chi connectivity index (χ0v) is 32.6. The monoisotopic (exact) mass is 948 g/mol. The maximum Gasteiger partial charge on any atom is 0.416 e. The molecule has 0 spiro atoms. The van der Waals surface area contributed by atoms with Crippen molar-refractivity contribution in [2.45, 2.75) is 12.4 Å². The van der Waals surface area contributed by atoms with Gasteiger partial charge in [-0.15, -0.1) is 0 Å². The van der Waals surface area contributed by atoms with Crippen LogP contribution in [0.3, 0.4) is 0 Å².